The molecule has 2 saturated heterocycles. The number of para-hydroxylation sites is 1. The van der Waals surface area contributed by atoms with E-state index in [1.807, 2.05) is 36.1 Å². The number of aliphatic hydroxyl groups excluding tert-OH is 1. The molecule has 3 unspecified atom stereocenters. The number of aliphatic imine (C=N–C) groups is 1. The molecule has 3 heterocycles. The summed E-state index contributed by atoms with van der Waals surface area (Å²) in [5, 5.41) is 13.1. The molecule has 3 amide bonds. The number of carbonyl (C=O) groups is 2. The number of likely N-dealkylation sites (N-methyl/N-ethyl adjacent to an activating group) is 1. The Balaban J connectivity index is 1.50. The van der Waals surface area contributed by atoms with Crippen LogP contribution in [0.2, 0.25) is 0 Å². The fraction of sp³-hybridized carbons (Fsp3) is 0.571. The van der Waals surface area contributed by atoms with Gasteiger partial charge in [-0.15, -0.1) is 0 Å². The van der Waals surface area contributed by atoms with Gasteiger partial charge in [-0.25, -0.2) is 9.79 Å². The van der Waals surface area contributed by atoms with Crippen molar-refractivity contribution in [1.82, 2.24) is 20.0 Å². The highest BCUT2D eigenvalue weighted by atomic mass is 16.5. The summed E-state index contributed by atoms with van der Waals surface area (Å²) in [5.74, 6) is 1.02. The Bertz CT molecular complexity index is 838. The van der Waals surface area contributed by atoms with Crippen molar-refractivity contribution < 1.29 is 19.4 Å². The van der Waals surface area contributed by atoms with Gasteiger partial charge in [-0.1, -0.05) is 18.2 Å². The number of hydrogen-bond acceptors (Lipinski definition) is 7. The summed E-state index contributed by atoms with van der Waals surface area (Å²) in [6.07, 6.45) is 1.87. The first-order valence-corrected chi connectivity index (χ1v) is 10.5. The highest BCUT2D eigenvalue weighted by Crippen LogP contribution is 2.27. The summed E-state index contributed by atoms with van der Waals surface area (Å²) in [6, 6.07) is 6.53. The molecular weight excluding hydrogens is 386 g/mol. The molecule has 0 bridgehead atoms. The van der Waals surface area contributed by atoms with Crippen molar-refractivity contribution >= 4 is 17.9 Å². The maximum absolute atomic E-state index is 12.7. The van der Waals surface area contributed by atoms with E-state index in [-0.39, 0.29) is 19.1 Å². The number of carbonyl (C=O) groups excluding carboxylic acids is 2. The van der Waals surface area contributed by atoms with Gasteiger partial charge in [-0.3, -0.25) is 10.1 Å². The number of nitrogens with one attached hydrogen (secondary N) is 1. The third kappa shape index (κ3) is 3.94. The van der Waals surface area contributed by atoms with E-state index in [9.17, 15) is 14.7 Å². The lowest BCUT2D eigenvalue weighted by molar-refractivity contribution is -0.127. The Kier molecular flexibility index (Phi) is 5.80. The number of aryl methyl sites for hydroxylation is 1. The molecule has 1 aromatic carbocycles. The lowest BCUT2D eigenvalue weighted by atomic mass is 10.1. The predicted octanol–water partition coefficient (Wildman–Crippen LogP) is 0.769. The molecule has 1 aromatic rings. The van der Waals surface area contributed by atoms with Crippen LogP contribution in [-0.4, -0.2) is 89.3 Å². The number of nitrogens with zero attached hydrogens (tertiary/aromatic N) is 4. The van der Waals surface area contributed by atoms with E-state index in [1.54, 1.807) is 7.05 Å². The predicted molar refractivity (Wildman–Crippen MR) is 111 cm³/mol. The van der Waals surface area contributed by atoms with Crippen molar-refractivity contribution in [3.63, 3.8) is 0 Å². The fourth-order valence-electron chi connectivity index (χ4n) is 4.25. The van der Waals surface area contributed by atoms with Crippen molar-refractivity contribution in [3.05, 3.63) is 29.8 Å². The van der Waals surface area contributed by atoms with Gasteiger partial charge >= 0.3 is 6.03 Å². The number of ether oxygens (including phenoxy) is 1. The Hall–Kier alpha value is -2.81. The number of guanidine groups is 1. The molecule has 2 fully saturated rings. The number of benzene rings is 1. The van der Waals surface area contributed by atoms with E-state index in [2.05, 4.69) is 10.2 Å². The number of rotatable bonds is 5. The van der Waals surface area contributed by atoms with Crippen molar-refractivity contribution in [1.29, 1.82) is 0 Å². The molecule has 3 aliphatic heterocycles. The van der Waals surface area contributed by atoms with Gasteiger partial charge in [0.05, 0.1) is 6.54 Å². The number of piperidine rings is 1. The van der Waals surface area contributed by atoms with Crippen LogP contribution in [0.4, 0.5) is 4.79 Å². The Labute approximate surface area is 176 Å². The average molecular weight is 415 g/mol. The first kappa shape index (κ1) is 20.5. The van der Waals surface area contributed by atoms with Crippen LogP contribution >= 0.6 is 0 Å². The number of amides is 3. The molecular formula is C21H29N5O4. The molecule has 30 heavy (non-hydrogen) atoms. The zero-order valence-corrected chi connectivity index (χ0v) is 17.5. The summed E-state index contributed by atoms with van der Waals surface area (Å²) >= 11 is 0. The van der Waals surface area contributed by atoms with E-state index >= 15 is 0 Å². The van der Waals surface area contributed by atoms with E-state index in [1.165, 1.54) is 11.3 Å². The van der Waals surface area contributed by atoms with Crippen LogP contribution in [0.15, 0.2) is 29.3 Å². The van der Waals surface area contributed by atoms with Crippen LogP contribution in [0.5, 0.6) is 5.75 Å². The van der Waals surface area contributed by atoms with E-state index < -0.39 is 24.3 Å². The number of urea groups is 1. The van der Waals surface area contributed by atoms with Crippen LogP contribution in [0, 0.1) is 6.92 Å². The molecule has 0 aliphatic carbocycles. The average Bonchev–Trinajstić information content (AvgIpc) is 3.12. The first-order valence-electron chi connectivity index (χ1n) is 10.5. The quantitative estimate of drug-likeness (QED) is 0.737. The smallest absolute Gasteiger partial charge is 0.325 e. The van der Waals surface area contributed by atoms with Gasteiger partial charge in [0, 0.05) is 20.1 Å². The number of aliphatic hydroxyl groups is 1. The van der Waals surface area contributed by atoms with Crippen LogP contribution in [-0.2, 0) is 4.79 Å². The molecule has 0 radical (unpaired) electrons. The van der Waals surface area contributed by atoms with Gasteiger partial charge in [0.15, 0.2) is 18.2 Å². The minimum Gasteiger partial charge on any atom is -0.491 e. The largest absolute Gasteiger partial charge is 0.491 e. The van der Waals surface area contributed by atoms with Gasteiger partial charge in [0.25, 0.3) is 5.91 Å². The normalized spacial score (nSPS) is 25.0. The number of hydrogen-bond donors (Lipinski definition) is 2. The summed E-state index contributed by atoms with van der Waals surface area (Å²) < 4.78 is 5.80. The number of likely N-dealkylation sites (tertiary alicyclic amines) is 1. The van der Waals surface area contributed by atoms with Crippen molar-refractivity contribution in [2.75, 3.05) is 33.3 Å². The second-order valence-corrected chi connectivity index (χ2v) is 8.12. The fourth-order valence-corrected chi connectivity index (χ4v) is 4.25. The van der Waals surface area contributed by atoms with E-state index in [4.69, 9.17) is 9.73 Å². The van der Waals surface area contributed by atoms with Gasteiger partial charge in [0.2, 0.25) is 0 Å². The highest BCUT2D eigenvalue weighted by molar-refractivity contribution is 6.03. The monoisotopic (exact) mass is 415 g/mol. The van der Waals surface area contributed by atoms with Gasteiger partial charge in [-0.05, 0) is 37.8 Å². The third-order valence-electron chi connectivity index (χ3n) is 5.91. The second-order valence-electron chi connectivity index (χ2n) is 8.12. The molecule has 3 aliphatic rings. The summed E-state index contributed by atoms with van der Waals surface area (Å²) in [6.45, 7) is 3.95. The van der Waals surface area contributed by atoms with Crippen molar-refractivity contribution in [3.8, 4) is 5.75 Å². The molecule has 9 heteroatoms. The zero-order valence-electron chi connectivity index (χ0n) is 17.5. The maximum atomic E-state index is 12.7. The lowest BCUT2D eigenvalue weighted by Crippen LogP contribution is -2.65. The van der Waals surface area contributed by atoms with Gasteiger partial charge in [0.1, 0.15) is 18.5 Å². The van der Waals surface area contributed by atoms with Gasteiger partial charge < -0.3 is 24.5 Å². The molecule has 9 nitrogen and oxygen atoms in total. The van der Waals surface area contributed by atoms with Crippen molar-refractivity contribution in [2.45, 2.75) is 44.5 Å². The Morgan fingerprint density at radius 1 is 1.23 bits per heavy atom. The molecule has 0 spiro atoms. The standard InChI is InChI=1S/C21H29N5O4/c1-14-8-4-5-9-16(14)30-13-15(27)12-26-17-18(24(2)21(29)23-19(17)28)22-20(26)25-10-6-3-7-11-25/h4-5,8-9,15,17-18,27H,3,6-7,10-13H2,1-2H3,(H,23,28,29). The second kappa shape index (κ2) is 8.51. The SMILES string of the molecule is Cc1ccccc1OCC(O)CN1C(N2CCCCC2)=NC2C1C(=O)NC(=O)N2C. The van der Waals surface area contributed by atoms with Crippen molar-refractivity contribution in [2.24, 2.45) is 4.99 Å². The van der Waals surface area contributed by atoms with Crippen LogP contribution < -0.4 is 10.1 Å². The van der Waals surface area contributed by atoms with E-state index in [0.717, 1.165) is 37.2 Å². The third-order valence-corrected chi connectivity index (χ3v) is 5.91. The maximum Gasteiger partial charge on any atom is 0.325 e. The Morgan fingerprint density at radius 2 is 1.97 bits per heavy atom. The minimum atomic E-state index is -0.825. The first-order chi connectivity index (χ1) is 14.5. The molecule has 3 atom stereocenters. The van der Waals surface area contributed by atoms with E-state index in [0.29, 0.717) is 5.96 Å². The van der Waals surface area contributed by atoms with Crippen LogP contribution in [0.3, 0.4) is 0 Å². The molecule has 4 rings (SSSR count). The molecule has 0 aromatic heterocycles. The summed E-state index contributed by atoms with van der Waals surface area (Å²) in [7, 11) is 1.64. The molecule has 162 valence electrons. The summed E-state index contributed by atoms with van der Waals surface area (Å²) in [4.78, 5) is 34.9. The zero-order chi connectivity index (χ0) is 21.3. The lowest BCUT2D eigenvalue weighted by Gasteiger charge is -2.39. The molecule has 0 saturated carbocycles. The number of β-amino-alcohol motifs (C(OH)–C–C–N with tert-alkyl or cyclic N) is 1. The molecule has 2 N–H and O–H groups in total. The highest BCUT2D eigenvalue weighted by Gasteiger charge is 2.50. The van der Waals surface area contributed by atoms with Gasteiger partial charge in [-0.2, -0.15) is 0 Å². The Morgan fingerprint density at radius 3 is 2.70 bits per heavy atom. The summed E-state index contributed by atoms with van der Waals surface area (Å²) in [5.41, 5.74) is 0.994. The van der Waals surface area contributed by atoms with Crippen LogP contribution in [0.1, 0.15) is 24.8 Å². The van der Waals surface area contributed by atoms with Crippen LogP contribution in [0.25, 0.3) is 0 Å². The minimum absolute atomic E-state index is 0.0996. The number of fused-ring (bicyclic) bond motifs is 1. The topological polar surface area (TPSA) is 97.7 Å². The number of imide groups is 1.